The third-order valence-electron chi connectivity index (χ3n) is 10.5. The molecule has 0 amide bonds. The summed E-state index contributed by atoms with van der Waals surface area (Å²) >= 11 is 0. The predicted octanol–water partition coefficient (Wildman–Crippen LogP) is 9.22. The van der Waals surface area contributed by atoms with Crippen molar-refractivity contribution >= 4 is 11.7 Å². The zero-order chi connectivity index (χ0) is 35.3. The van der Waals surface area contributed by atoms with E-state index in [1.807, 2.05) is 18.7 Å². The molecule has 1 saturated carbocycles. The third kappa shape index (κ3) is 7.35. The Balaban J connectivity index is 1.43. The number of fused-ring (bicyclic) bond motifs is 1. The van der Waals surface area contributed by atoms with E-state index in [1.54, 1.807) is 6.92 Å². The SMILES string of the molecule is CCC(=O)c1cnc(N2CCC(c3nc4c(c(C5CCC(F)(F)CC5)c3C(F)c3ccc(C(F)(F)F)cc3)C(O)CC(C)(C)C4)CC2)nc1. The lowest BCUT2D eigenvalue weighted by molar-refractivity contribution is -0.137. The molecule has 49 heavy (non-hydrogen) atoms. The van der Waals surface area contributed by atoms with Gasteiger partial charge in [-0.3, -0.25) is 9.78 Å². The Hall–Kier alpha value is -3.54. The van der Waals surface area contributed by atoms with Crippen molar-refractivity contribution in [3.63, 3.8) is 0 Å². The number of ketones is 1. The van der Waals surface area contributed by atoms with Crippen molar-refractivity contribution in [3.8, 4) is 0 Å². The summed E-state index contributed by atoms with van der Waals surface area (Å²) in [5.74, 6) is -3.16. The van der Waals surface area contributed by atoms with Gasteiger partial charge in [0.15, 0.2) is 12.0 Å². The number of rotatable bonds is 7. The van der Waals surface area contributed by atoms with E-state index in [2.05, 4.69) is 9.97 Å². The highest BCUT2D eigenvalue weighted by atomic mass is 19.4. The average molecular weight is 689 g/mol. The summed E-state index contributed by atoms with van der Waals surface area (Å²) in [5.41, 5.74) is 1.54. The smallest absolute Gasteiger partial charge is 0.388 e. The van der Waals surface area contributed by atoms with E-state index in [0.717, 1.165) is 24.3 Å². The van der Waals surface area contributed by atoms with Gasteiger partial charge in [-0.25, -0.2) is 23.1 Å². The second-order valence-corrected chi connectivity index (χ2v) is 14.7. The van der Waals surface area contributed by atoms with E-state index < -0.39 is 35.9 Å². The van der Waals surface area contributed by atoms with Crippen molar-refractivity contribution in [3.05, 3.63) is 81.4 Å². The second-order valence-electron chi connectivity index (χ2n) is 14.7. The van der Waals surface area contributed by atoms with Crippen molar-refractivity contribution in [2.45, 2.75) is 115 Å². The molecule has 3 aliphatic rings. The molecular formula is C37H42F6N4O2. The lowest BCUT2D eigenvalue weighted by Crippen LogP contribution is -2.36. The first kappa shape index (κ1) is 35.3. The number of anilines is 1. The molecule has 0 spiro atoms. The number of pyridine rings is 1. The largest absolute Gasteiger partial charge is 0.416 e. The summed E-state index contributed by atoms with van der Waals surface area (Å²) < 4.78 is 86.3. The van der Waals surface area contributed by atoms with Crippen LogP contribution in [0.5, 0.6) is 0 Å². The molecule has 3 aromatic rings. The van der Waals surface area contributed by atoms with Crippen molar-refractivity contribution in [2.24, 2.45) is 5.41 Å². The number of carbonyl (C=O) groups excluding carboxylic acids is 1. The van der Waals surface area contributed by atoms with Gasteiger partial charge in [0, 0.05) is 67.5 Å². The van der Waals surface area contributed by atoms with Gasteiger partial charge in [-0.15, -0.1) is 0 Å². The Bertz CT molecular complexity index is 1660. The van der Waals surface area contributed by atoms with Crippen molar-refractivity contribution in [1.82, 2.24) is 15.0 Å². The molecule has 6 nitrogen and oxygen atoms in total. The number of aliphatic hydroxyl groups excluding tert-OH is 1. The van der Waals surface area contributed by atoms with Crippen LogP contribution in [0.2, 0.25) is 0 Å². The van der Waals surface area contributed by atoms with Crippen LogP contribution in [0.15, 0.2) is 36.7 Å². The molecule has 2 fully saturated rings. The number of aliphatic hydroxyl groups is 1. The Labute approximate surface area is 282 Å². The number of piperidine rings is 1. The van der Waals surface area contributed by atoms with Gasteiger partial charge in [0.1, 0.15) is 0 Å². The van der Waals surface area contributed by atoms with Gasteiger partial charge in [-0.1, -0.05) is 32.9 Å². The number of carbonyl (C=O) groups is 1. The minimum Gasteiger partial charge on any atom is -0.388 e. The fraction of sp³-hybridized carbons (Fsp3) is 0.568. The fourth-order valence-electron chi connectivity index (χ4n) is 7.90. The maximum atomic E-state index is 17.2. The molecule has 3 heterocycles. The molecule has 2 aromatic heterocycles. The number of benzene rings is 1. The van der Waals surface area contributed by atoms with E-state index in [0.29, 0.717) is 79.2 Å². The molecule has 12 heteroatoms. The number of hydrogen-bond donors (Lipinski definition) is 1. The second kappa shape index (κ2) is 13.3. The van der Waals surface area contributed by atoms with Gasteiger partial charge < -0.3 is 10.0 Å². The van der Waals surface area contributed by atoms with Crippen molar-refractivity contribution in [2.75, 3.05) is 18.0 Å². The molecule has 2 aliphatic carbocycles. The molecule has 2 unspecified atom stereocenters. The quantitative estimate of drug-likeness (QED) is 0.197. The number of Topliss-reactive ketones (excluding diaryl/α,β-unsaturated/α-hetero) is 1. The highest BCUT2D eigenvalue weighted by Gasteiger charge is 2.44. The van der Waals surface area contributed by atoms with Crippen molar-refractivity contribution in [1.29, 1.82) is 0 Å². The van der Waals surface area contributed by atoms with Crippen LogP contribution in [0, 0.1) is 5.41 Å². The maximum Gasteiger partial charge on any atom is 0.416 e. The highest BCUT2D eigenvalue weighted by Crippen LogP contribution is 2.52. The van der Waals surface area contributed by atoms with E-state index in [9.17, 15) is 31.9 Å². The number of aromatic nitrogens is 3. The number of halogens is 6. The van der Waals surface area contributed by atoms with Gasteiger partial charge in [0.2, 0.25) is 11.9 Å². The lowest BCUT2D eigenvalue weighted by Gasteiger charge is -2.41. The minimum atomic E-state index is -4.60. The van der Waals surface area contributed by atoms with E-state index in [-0.39, 0.29) is 53.9 Å². The summed E-state index contributed by atoms with van der Waals surface area (Å²) in [6, 6.07) is 3.96. The lowest BCUT2D eigenvalue weighted by atomic mass is 9.68. The van der Waals surface area contributed by atoms with Gasteiger partial charge in [0.25, 0.3) is 0 Å². The first-order valence-corrected chi connectivity index (χ1v) is 17.1. The van der Waals surface area contributed by atoms with Crippen LogP contribution in [0.4, 0.5) is 32.3 Å². The van der Waals surface area contributed by atoms with Gasteiger partial charge >= 0.3 is 6.18 Å². The number of nitrogens with zero attached hydrogens (tertiary/aromatic N) is 4. The molecule has 0 radical (unpaired) electrons. The first-order chi connectivity index (χ1) is 23.1. The van der Waals surface area contributed by atoms with Gasteiger partial charge in [0.05, 0.1) is 22.9 Å². The van der Waals surface area contributed by atoms with Crippen LogP contribution >= 0.6 is 0 Å². The molecule has 1 aliphatic heterocycles. The van der Waals surface area contributed by atoms with Crippen LogP contribution < -0.4 is 4.90 Å². The van der Waals surface area contributed by atoms with E-state index >= 15 is 4.39 Å². The van der Waals surface area contributed by atoms with Crippen LogP contribution in [0.1, 0.15) is 146 Å². The Morgan fingerprint density at radius 2 is 1.59 bits per heavy atom. The standard InChI is InChI=1S/C37H42F6N4O2/c1-4-27(48)24-19-44-34(45-20-24)47-15-11-23(12-16-47)33-31(32(38)22-5-7-25(8-6-22)37(41,42)43)29(21-9-13-36(39,40)14-10-21)30-26(46-33)17-35(2,3)18-28(30)49/h5-8,19-21,23,28,32,49H,4,9-18H2,1-3H3. The summed E-state index contributed by atoms with van der Waals surface area (Å²) in [7, 11) is 0. The third-order valence-corrected chi connectivity index (χ3v) is 10.5. The molecule has 2 atom stereocenters. The molecule has 1 N–H and O–H groups in total. The summed E-state index contributed by atoms with van der Waals surface area (Å²) in [6.07, 6.45) is -2.71. The average Bonchev–Trinajstić information content (AvgIpc) is 3.06. The normalized spacial score (nSPS) is 22.1. The fourth-order valence-corrected chi connectivity index (χ4v) is 7.90. The molecule has 264 valence electrons. The molecule has 6 rings (SSSR count). The minimum absolute atomic E-state index is 0.0107. The zero-order valence-corrected chi connectivity index (χ0v) is 28.0. The van der Waals surface area contributed by atoms with Crippen LogP contribution in [0.3, 0.4) is 0 Å². The predicted molar refractivity (Wildman–Crippen MR) is 173 cm³/mol. The Morgan fingerprint density at radius 3 is 2.16 bits per heavy atom. The summed E-state index contributed by atoms with van der Waals surface area (Å²) in [5, 5.41) is 11.6. The van der Waals surface area contributed by atoms with Crippen molar-refractivity contribution < 1.29 is 36.2 Å². The van der Waals surface area contributed by atoms with Crippen LogP contribution in [-0.2, 0) is 12.6 Å². The molecular weight excluding hydrogens is 646 g/mol. The highest BCUT2D eigenvalue weighted by molar-refractivity contribution is 5.95. The zero-order valence-electron chi connectivity index (χ0n) is 28.0. The maximum absolute atomic E-state index is 17.2. The monoisotopic (exact) mass is 688 g/mol. The van der Waals surface area contributed by atoms with Gasteiger partial charge in [-0.05, 0) is 73.1 Å². The Morgan fingerprint density at radius 1 is 0.980 bits per heavy atom. The van der Waals surface area contributed by atoms with Crippen LogP contribution in [0.25, 0.3) is 0 Å². The molecule has 1 aromatic carbocycles. The van der Waals surface area contributed by atoms with E-state index in [1.165, 1.54) is 12.4 Å². The number of alkyl halides is 6. The summed E-state index contributed by atoms with van der Waals surface area (Å²) in [4.78, 5) is 27.9. The van der Waals surface area contributed by atoms with Crippen LogP contribution in [-0.4, -0.2) is 44.9 Å². The Kier molecular flexibility index (Phi) is 9.58. The number of hydrogen-bond acceptors (Lipinski definition) is 6. The van der Waals surface area contributed by atoms with E-state index in [4.69, 9.17) is 4.98 Å². The summed E-state index contributed by atoms with van der Waals surface area (Å²) in [6.45, 7) is 6.81. The first-order valence-electron chi connectivity index (χ1n) is 17.1. The molecule has 1 saturated heterocycles. The topological polar surface area (TPSA) is 79.2 Å². The van der Waals surface area contributed by atoms with Gasteiger partial charge in [-0.2, -0.15) is 13.2 Å². The molecule has 0 bridgehead atoms.